The maximum absolute atomic E-state index is 5.32. The minimum atomic E-state index is 0.371. The highest BCUT2D eigenvalue weighted by Gasteiger charge is 2.27. The van der Waals surface area contributed by atoms with Gasteiger partial charge >= 0.3 is 0 Å². The van der Waals surface area contributed by atoms with Crippen LogP contribution in [0.2, 0.25) is 0 Å². The summed E-state index contributed by atoms with van der Waals surface area (Å²) in [6, 6.07) is 0. The van der Waals surface area contributed by atoms with Gasteiger partial charge in [0.05, 0.1) is 6.10 Å². The van der Waals surface area contributed by atoms with Crippen LogP contribution >= 0.6 is 11.5 Å². The first-order chi connectivity index (χ1) is 6.83. The molecule has 6 nitrogen and oxygen atoms in total. The lowest BCUT2D eigenvalue weighted by atomic mass is 10.1. The minimum Gasteiger partial charge on any atom is -0.379 e. The summed E-state index contributed by atoms with van der Waals surface area (Å²) in [5.74, 6) is 5.32. The van der Waals surface area contributed by atoms with Crippen molar-refractivity contribution < 1.29 is 4.74 Å². The Morgan fingerprint density at radius 1 is 1.71 bits per heavy atom. The number of likely N-dealkylation sites (tertiary alicyclic amines) is 1. The topological polar surface area (TPSA) is 76.3 Å². The number of methoxy groups -OCH3 is 1. The number of anilines is 1. The fraction of sp³-hybridized carbons (Fsp3) is 0.714. The van der Waals surface area contributed by atoms with Crippen molar-refractivity contribution in [3.05, 3.63) is 5.69 Å². The summed E-state index contributed by atoms with van der Waals surface area (Å²) in [5.41, 5.74) is 3.50. The van der Waals surface area contributed by atoms with Crippen LogP contribution in [0.3, 0.4) is 0 Å². The van der Waals surface area contributed by atoms with Crippen molar-refractivity contribution >= 4 is 16.5 Å². The Kier molecular flexibility index (Phi) is 2.92. The number of aromatic nitrogens is 2. The molecule has 3 N–H and O–H groups in total. The van der Waals surface area contributed by atoms with E-state index < -0.39 is 0 Å². The van der Waals surface area contributed by atoms with Crippen molar-refractivity contribution in [2.75, 3.05) is 25.6 Å². The van der Waals surface area contributed by atoms with E-state index in [2.05, 4.69) is 19.9 Å². The molecule has 0 bridgehead atoms. The molecule has 1 aliphatic rings. The number of hydrazine groups is 1. The van der Waals surface area contributed by atoms with E-state index in [1.807, 2.05) is 0 Å². The van der Waals surface area contributed by atoms with Gasteiger partial charge in [-0.1, -0.05) is 4.49 Å². The van der Waals surface area contributed by atoms with E-state index in [0.717, 1.165) is 30.3 Å². The second-order valence-corrected chi connectivity index (χ2v) is 4.00. The molecule has 1 aliphatic heterocycles. The van der Waals surface area contributed by atoms with Gasteiger partial charge in [-0.05, 0) is 0 Å². The van der Waals surface area contributed by atoms with Crippen molar-refractivity contribution in [2.24, 2.45) is 5.84 Å². The number of nitrogens with one attached hydrogen (secondary N) is 1. The number of ether oxygens (including phenoxy) is 1. The monoisotopic (exact) mass is 215 g/mol. The molecule has 0 atom stereocenters. The molecule has 0 aliphatic carbocycles. The summed E-state index contributed by atoms with van der Waals surface area (Å²) in [7, 11) is 1.74. The summed E-state index contributed by atoms with van der Waals surface area (Å²) in [4.78, 5) is 2.24. The normalized spacial score (nSPS) is 18.1. The first-order valence-electron chi connectivity index (χ1n) is 4.36. The largest absolute Gasteiger partial charge is 0.379 e. The molecule has 78 valence electrons. The molecule has 0 spiro atoms. The van der Waals surface area contributed by atoms with E-state index in [9.17, 15) is 0 Å². The second-order valence-electron chi connectivity index (χ2n) is 3.24. The molecule has 0 unspecified atom stereocenters. The van der Waals surface area contributed by atoms with Crippen LogP contribution in [0.1, 0.15) is 5.69 Å². The molecule has 0 saturated carbocycles. The lowest BCUT2D eigenvalue weighted by molar-refractivity contribution is -0.0338. The maximum atomic E-state index is 5.32. The van der Waals surface area contributed by atoms with Gasteiger partial charge in [-0.25, -0.2) is 5.84 Å². The summed E-state index contributed by atoms with van der Waals surface area (Å²) in [6.45, 7) is 2.70. The van der Waals surface area contributed by atoms with Crippen LogP contribution in [0.5, 0.6) is 0 Å². The number of rotatable bonds is 4. The van der Waals surface area contributed by atoms with Gasteiger partial charge in [-0.2, -0.15) is 0 Å². The Labute approximate surface area is 86.2 Å². The summed E-state index contributed by atoms with van der Waals surface area (Å²) < 4.78 is 9.01. The quantitative estimate of drug-likeness (QED) is 0.528. The Morgan fingerprint density at radius 3 is 3.14 bits per heavy atom. The van der Waals surface area contributed by atoms with Crippen molar-refractivity contribution in [1.29, 1.82) is 0 Å². The van der Waals surface area contributed by atoms with E-state index in [4.69, 9.17) is 10.6 Å². The summed E-state index contributed by atoms with van der Waals surface area (Å²) in [5, 5.41) is 4.84. The SMILES string of the molecule is COC1CN(Cc2nnsc2NN)C1. The Balaban J connectivity index is 1.86. The van der Waals surface area contributed by atoms with Crippen molar-refractivity contribution in [2.45, 2.75) is 12.6 Å². The average Bonchev–Trinajstić information content (AvgIpc) is 2.57. The third kappa shape index (κ3) is 1.85. The van der Waals surface area contributed by atoms with Crippen LogP contribution in [0.15, 0.2) is 0 Å². The highest BCUT2D eigenvalue weighted by Crippen LogP contribution is 2.21. The molecule has 2 heterocycles. The molecule has 0 radical (unpaired) electrons. The zero-order valence-corrected chi connectivity index (χ0v) is 8.75. The Bertz CT molecular complexity index is 298. The maximum Gasteiger partial charge on any atom is 0.148 e. The highest BCUT2D eigenvalue weighted by molar-refractivity contribution is 7.10. The molecule has 0 aromatic carbocycles. The van der Waals surface area contributed by atoms with Gasteiger partial charge in [-0.3, -0.25) is 4.90 Å². The van der Waals surface area contributed by atoms with Gasteiger partial charge in [0.15, 0.2) is 0 Å². The molecule has 14 heavy (non-hydrogen) atoms. The lowest BCUT2D eigenvalue weighted by Crippen LogP contribution is -2.51. The number of nitrogen functional groups attached to an aromatic ring is 1. The van der Waals surface area contributed by atoms with Crippen LogP contribution in [0.25, 0.3) is 0 Å². The first-order valence-corrected chi connectivity index (χ1v) is 5.14. The zero-order chi connectivity index (χ0) is 9.97. The zero-order valence-electron chi connectivity index (χ0n) is 7.93. The fourth-order valence-corrected chi connectivity index (χ4v) is 1.92. The molecule has 2 rings (SSSR count). The molecular formula is C7H13N5OS. The predicted octanol–water partition coefficient (Wildman–Crippen LogP) is -0.346. The number of hydrogen-bond acceptors (Lipinski definition) is 7. The Morgan fingerprint density at radius 2 is 2.50 bits per heavy atom. The second kappa shape index (κ2) is 4.18. The van der Waals surface area contributed by atoms with Gasteiger partial charge in [0.2, 0.25) is 0 Å². The van der Waals surface area contributed by atoms with E-state index in [1.54, 1.807) is 7.11 Å². The smallest absolute Gasteiger partial charge is 0.148 e. The van der Waals surface area contributed by atoms with Crippen LogP contribution in [0, 0.1) is 0 Å². The first kappa shape index (κ1) is 9.78. The minimum absolute atomic E-state index is 0.371. The van der Waals surface area contributed by atoms with E-state index in [-0.39, 0.29) is 0 Å². The van der Waals surface area contributed by atoms with Gasteiger partial charge in [0.1, 0.15) is 10.7 Å². The molecule has 1 aromatic heterocycles. The standard InChI is InChI=1S/C7H13N5OS/c1-13-5-2-12(3-5)4-6-7(9-8)14-11-10-6/h5,9H,2-4,8H2,1H3. The van der Waals surface area contributed by atoms with Gasteiger partial charge in [0, 0.05) is 38.3 Å². The number of nitrogens with two attached hydrogens (primary N) is 1. The third-order valence-electron chi connectivity index (χ3n) is 2.32. The van der Waals surface area contributed by atoms with Gasteiger partial charge in [-0.15, -0.1) is 5.10 Å². The van der Waals surface area contributed by atoms with Crippen LogP contribution in [-0.4, -0.2) is 40.8 Å². The van der Waals surface area contributed by atoms with E-state index >= 15 is 0 Å². The Hall–Kier alpha value is -0.760. The van der Waals surface area contributed by atoms with Crippen molar-refractivity contribution in [3.63, 3.8) is 0 Å². The molecular weight excluding hydrogens is 202 g/mol. The molecule has 0 amide bonds. The van der Waals surface area contributed by atoms with Crippen LogP contribution < -0.4 is 11.3 Å². The number of hydrogen-bond donors (Lipinski definition) is 2. The van der Waals surface area contributed by atoms with Crippen molar-refractivity contribution in [3.8, 4) is 0 Å². The third-order valence-corrected chi connectivity index (χ3v) is 3.02. The summed E-state index contributed by atoms with van der Waals surface area (Å²) in [6.07, 6.45) is 0.371. The van der Waals surface area contributed by atoms with Crippen LogP contribution in [0.4, 0.5) is 5.00 Å². The summed E-state index contributed by atoms with van der Waals surface area (Å²) >= 11 is 1.28. The highest BCUT2D eigenvalue weighted by atomic mass is 32.1. The van der Waals surface area contributed by atoms with E-state index in [1.165, 1.54) is 11.5 Å². The van der Waals surface area contributed by atoms with E-state index in [0.29, 0.717) is 6.10 Å². The molecule has 1 fully saturated rings. The van der Waals surface area contributed by atoms with Gasteiger partial charge in [0.25, 0.3) is 0 Å². The lowest BCUT2D eigenvalue weighted by Gasteiger charge is -2.37. The molecule has 1 aromatic rings. The molecule has 7 heteroatoms. The van der Waals surface area contributed by atoms with Crippen molar-refractivity contribution in [1.82, 2.24) is 14.5 Å². The predicted molar refractivity (Wildman–Crippen MR) is 53.8 cm³/mol. The van der Waals surface area contributed by atoms with Gasteiger partial charge < -0.3 is 10.2 Å². The molecule has 1 saturated heterocycles. The van der Waals surface area contributed by atoms with Crippen LogP contribution in [-0.2, 0) is 11.3 Å². The number of nitrogens with zero attached hydrogens (tertiary/aromatic N) is 3. The fourth-order valence-electron chi connectivity index (χ4n) is 1.43. The average molecular weight is 215 g/mol.